The van der Waals surface area contributed by atoms with Gasteiger partial charge in [-0.2, -0.15) is 0 Å². The number of nitrogens with one attached hydrogen (secondary N) is 1. The number of fused-ring (bicyclic) bond motifs is 1. The number of aromatic nitrogens is 1. The Morgan fingerprint density at radius 2 is 1.75 bits per heavy atom. The number of esters is 1. The molecule has 0 unspecified atom stereocenters. The molecule has 0 aliphatic carbocycles. The number of amides is 1. The van der Waals surface area contributed by atoms with E-state index in [1.165, 1.54) is 11.3 Å². The molecule has 1 aliphatic heterocycles. The number of benzene rings is 4. The van der Waals surface area contributed by atoms with E-state index in [0.29, 0.717) is 61.3 Å². The number of carbonyl (C=O) groups is 2. The molecule has 0 radical (unpaired) electrons. The number of halogens is 1. The lowest BCUT2D eigenvalue weighted by molar-refractivity contribution is -0.113. The Kier molecular flexibility index (Phi) is 11.0. The molecule has 1 N–H and O–H groups in total. The summed E-state index contributed by atoms with van der Waals surface area (Å²) in [5.41, 5.74) is 3.99. The molecule has 2 heterocycles. The summed E-state index contributed by atoms with van der Waals surface area (Å²) in [5, 5.41) is 2.97. The largest absolute Gasteiger partial charge is 0.497 e. The van der Waals surface area contributed by atoms with Crippen LogP contribution in [-0.4, -0.2) is 37.3 Å². The van der Waals surface area contributed by atoms with Crippen molar-refractivity contribution < 1.29 is 28.5 Å². The quantitative estimate of drug-likeness (QED) is 0.124. The van der Waals surface area contributed by atoms with Gasteiger partial charge >= 0.3 is 5.97 Å². The Balaban J connectivity index is 1.35. The van der Waals surface area contributed by atoms with E-state index in [0.717, 1.165) is 14.7 Å². The van der Waals surface area contributed by atoms with Gasteiger partial charge in [0.2, 0.25) is 0 Å². The number of rotatable bonds is 11. The van der Waals surface area contributed by atoms with Crippen molar-refractivity contribution in [1.29, 1.82) is 0 Å². The summed E-state index contributed by atoms with van der Waals surface area (Å²) >= 11 is 3.43. The predicted molar refractivity (Wildman–Crippen MR) is 204 cm³/mol. The van der Waals surface area contributed by atoms with Crippen LogP contribution in [0, 0.1) is 3.57 Å². The van der Waals surface area contributed by atoms with Gasteiger partial charge in [0.25, 0.3) is 11.5 Å². The Bertz CT molecular complexity index is 2320. The van der Waals surface area contributed by atoms with Crippen LogP contribution < -0.4 is 34.4 Å². The second-order valence-corrected chi connectivity index (χ2v) is 13.6. The van der Waals surface area contributed by atoms with Gasteiger partial charge in [-0.05, 0) is 108 Å². The fourth-order valence-corrected chi connectivity index (χ4v) is 7.51. The fraction of sp³-hybridized carbons (Fsp3) is 0.179. The third kappa shape index (κ3) is 7.76. The van der Waals surface area contributed by atoms with Crippen molar-refractivity contribution in [2.75, 3.05) is 26.1 Å². The number of thiazole rings is 1. The summed E-state index contributed by atoms with van der Waals surface area (Å²) in [6.45, 7) is 4.11. The van der Waals surface area contributed by atoms with Crippen molar-refractivity contribution in [3.05, 3.63) is 148 Å². The highest BCUT2D eigenvalue weighted by atomic mass is 127. The van der Waals surface area contributed by atoms with E-state index < -0.39 is 6.04 Å². The second-order valence-electron chi connectivity index (χ2n) is 11.4. The number of hydrogen-bond acceptors (Lipinski definition) is 9. The van der Waals surface area contributed by atoms with Crippen molar-refractivity contribution in [1.82, 2.24) is 4.57 Å². The SMILES string of the molecule is CCOC(=O)c1ccc(COc2c(I)cc(/C=c3\sc4n(c3=O)[C@@H](c3cccc(OC)c3)C(C(=O)Nc3ccccc3)=C(C)N=4)cc2OC)cc1. The standard InChI is InChI=1S/C39H34IN3O7S/c1-5-49-38(46)26-16-14-24(15-17-26)22-50-35-30(40)18-25(19-31(35)48-4)20-32-37(45)43-34(27-10-9-13-29(21-27)47-3)33(23(2)41-39(43)51-32)36(44)42-28-11-7-6-8-12-28/h6-21,34H,5,22H2,1-4H3,(H,42,44)/b32-20-/t34-/m0/s1. The van der Waals surface area contributed by atoms with Crippen LogP contribution in [0.15, 0.2) is 112 Å². The number of anilines is 1. The monoisotopic (exact) mass is 815 g/mol. The van der Waals surface area contributed by atoms with Crippen molar-refractivity contribution in [2.45, 2.75) is 26.5 Å². The molecule has 10 nitrogen and oxygen atoms in total. The van der Waals surface area contributed by atoms with Crippen LogP contribution in [0.4, 0.5) is 5.69 Å². The number of carbonyl (C=O) groups excluding carboxylic acids is 2. The van der Waals surface area contributed by atoms with Crippen molar-refractivity contribution >= 4 is 57.6 Å². The van der Waals surface area contributed by atoms with Gasteiger partial charge in [0.05, 0.1) is 51.8 Å². The van der Waals surface area contributed by atoms with Gasteiger partial charge in [-0.25, -0.2) is 9.79 Å². The smallest absolute Gasteiger partial charge is 0.338 e. The summed E-state index contributed by atoms with van der Waals surface area (Å²) in [5.74, 6) is 0.922. The number of nitrogens with zero attached hydrogens (tertiary/aromatic N) is 2. The molecule has 1 aromatic heterocycles. The van der Waals surface area contributed by atoms with Crippen LogP contribution in [0.1, 0.15) is 46.9 Å². The molecular weight excluding hydrogens is 781 g/mol. The average Bonchev–Trinajstić information content (AvgIpc) is 3.44. The molecule has 0 bridgehead atoms. The molecule has 1 atom stereocenters. The lowest BCUT2D eigenvalue weighted by Crippen LogP contribution is -2.40. The first-order valence-electron chi connectivity index (χ1n) is 16.0. The Morgan fingerprint density at radius 1 is 0.980 bits per heavy atom. The van der Waals surface area contributed by atoms with Gasteiger partial charge in [-0.15, -0.1) is 0 Å². The molecule has 0 saturated carbocycles. The zero-order valence-corrected chi connectivity index (χ0v) is 31.2. The molecule has 6 rings (SSSR count). The first-order chi connectivity index (χ1) is 24.7. The third-order valence-corrected chi connectivity index (χ3v) is 9.89. The van der Waals surface area contributed by atoms with Gasteiger partial charge < -0.3 is 24.3 Å². The summed E-state index contributed by atoms with van der Waals surface area (Å²) < 4.78 is 25.2. The maximum absolute atomic E-state index is 14.3. The minimum absolute atomic E-state index is 0.247. The molecule has 0 fully saturated rings. The molecule has 0 spiro atoms. The Morgan fingerprint density at radius 3 is 2.45 bits per heavy atom. The van der Waals surface area contributed by atoms with Crippen LogP contribution in [0.5, 0.6) is 17.2 Å². The number of allylic oxidation sites excluding steroid dienone is 1. The van der Waals surface area contributed by atoms with E-state index in [1.54, 1.807) is 63.0 Å². The predicted octanol–water partition coefficient (Wildman–Crippen LogP) is 6.25. The van der Waals surface area contributed by atoms with Crippen molar-refractivity contribution in [2.24, 2.45) is 4.99 Å². The highest BCUT2D eigenvalue weighted by Gasteiger charge is 2.33. The van der Waals surface area contributed by atoms with E-state index in [4.69, 9.17) is 23.9 Å². The van der Waals surface area contributed by atoms with Crippen LogP contribution in [-0.2, 0) is 16.1 Å². The molecule has 1 amide bonds. The van der Waals surface area contributed by atoms with Gasteiger partial charge in [0.1, 0.15) is 12.4 Å². The van der Waals surface area contributed by atoms with Crippen molar-refractivity contribution in [3.8, 4) is 17.2 Å². The fourth-order valence-electron chi connectivity index (χ4n) is 5.68. The zero-order valence-electron chi connectivity index (χ0n) is 28.3. The van der Waals surface area contributed by atoms with Gasteiger partial charge in [-0.3, -0.25) is 14.2 Å². The number of ether oxygens (including phenoxy) is 4. The normalized spacial score (nSPS) is 14.0. The van der Waals surface area contributed by atoms with Crippen LogP contribution >= 0.6 is 33.9 Å². The molecule has 51 heavy (non-hydrogen) atoms. The molecule has 4 aromatic carbocycles. The lowest BCUT2D eigenvalue weighted by atomic mass is 9.95. The maximum atomic E-state index is 14.3. The Hall–Kier alpha value is -5.21. The molecule has 12 heteroatoms. The van der Waals surface area contributed by atoms with E-state index >= 15 is 0 Å². The van der Waals surface area contributed by atoms with E-state index in [1.807, 2.05) is 66.7 Å². The summed E-state index contributed by atoms with van der Waals surface area (Å²) in [6, 6.07) is 26.5. The van der Waals surface area contributed by atoms with E-state index in [-0.39, 0.29) is 24.0 Å². The molecular formula is C39H34IN3O7S. The topological polar surface area (TPSA) is 117 Å². The number of methoxy groups -OCH3 is 2. The third-order valence-electron chi connectivity index (χ3n) is 8.11. The first-order valence-corrected chi connectivity index (χ1v) is 17.9. The highest BCUT2D eigenvalue weighted by molar-refractivity contribution is 14.1. The van der Waals surface area contributed by atoms with Crippen LogP contribution in [0.3, 0.4) is 0 Å². The number of hydrogen-bond donors (Lipinski definition) is 1. The minimum Gasteiger partial charge on any atom is -0.497 e. The van der Waals surface area contributed by atoms with Crippen LogP contribution in [0.25, 0.3) is 6.08 Å². The molecule has 260 valence electrons. The Labute approximate surface area is 311 Å². The zero-order chi connectivity index (χ0) is 36.1. The summed E-state index contributed by atoms with van der Waals surface area (Å²) in [6.07, 6.45) is 1.79. The average molecular weight is 816 g/mol. The lowest BCUT2D eigenvalue weighted by Gasteiger charge is -2.25. The summed E-state index contributed by atoms with van der Waals surface area (Å²) in [7, 11) is 3.13. The highest BCUT2D eigenvalue weighted by Crippen LogP contribution is 2.35. The van der Waals surface area contributed by atoms with Crippen LogP contribution in [0.2, 0.25) is 0 Å². The summed E-state index contributed by atoms with van der Waals surface area (Å²) in [4.78, 5) is 45.4. The number of para-hydroxylation sites is 1. The first kappa shape index (κ1) is 35.6. The molecule has 0 saturated heterocycles. The van der Waals surface area contributed by atoms with Gasteiger partial charge in [-0.1, -0.05) is 53.8 Å². The van der Waals surface area contributed by atoms with E-state index in [2.05, 4.69) is 27.9 Å². The molecule has 5 aromatic rings. The van der Waals surface area contributed by atoms with E-state index in [9.17, 15) is 14.4 Å². The second kappa shape index (κ2) is 15.8. The maximum Gasteiger partial charge on any atom is 0.338 e. The van der Waals surface area contributed by atoms with Gasteiger partial charge in [0.15, 0.2) is 16.3 Å². The minimum atomic E-state index is -0.751. The van der Waals surface area contributed by atoms with Gasteiger partial charge in [0, 0.05) is 5.69 Å². The van der Waals surface area contributed by atoms with Crippen molar-refractivity contribution in [3.63, 3.8) is 0 Å². The molecule has 1 aliphatic rings.